The molecule has 0 aliphatic rings. The predicted octanol–water partition coefficient (Wildman–Crippen LogP) is 3.48. The van der Waals surface area contributed by atoms with Crippen LogP contribution in [0.4, 0.5) is 5.69 Å². The molecule has 0 N–H and O–H groups in total. The van der Waals surface area contributed by atoms with Crippen LogP contribution in [0.3, 0.4) is 0 Å². The fourth-order valence-electron chi connectivity index (χ4n) is 2.05. The molecule has 1 heterocycles. The highest BCUT2D eigenvalue weighted by molar-refractivity contribution is 6.05. The number of hydrogen-bond donors (Lipinski definition) is 0. The first-order valence-corrected chi connectivity index (χ1v) is 7.24. The summed E-state index contributed by atoms with van der Waals surface area (Å²) in [5, 5.41) is 10.9. The molecule has 0 saturated carbocycles. The van der Waals surface area contributed by atoms with E-state index in [9.17, 15) is 14.9 Å². The third-order valence-electron chi connectivity index (χ3n) is 3.12. The number of nitro groups is 1. The first-order chi connectivity index (χ1) is 11.0. The van der Waals surface area contributed by atoms with Gasteiger partial charge in [0.2, 0.25) is 5.78 Å². The van der Waals surface area contributed by atoms with Crippen molar-refractivity contribution >= 4 is 17.5 Å². The predicted molar refractivity (Wildman–Crippen MR) is 87.0 cm³/mol. The molecule has 0 bridgehead atoms. The number of carbonyl (C=O) groups excluding carboxylic acids is 1. The van der Waals surface area contributed by atoms with Crippen molar-refractivity contribution in [1.29, 1.82) is 0 Å². The molecular weight excluding hydrogens is 294 g/mol. The summed E-state index contributed by atoms with van der Waals surface area (Å²) in [5.74, 6) is 0.121. The monoisotopic (exact) mass is 311 g/mol. The lowest BCUT2D eigenvalue weighted by Gasteiger charge is -2.03. The lowest BCUT2D eigenvalue weighted by Crippen LogP contribution is -2.03. The minimum atomic E-state index is -0.481. The van der Waals surface area contributed by atoms with E-state index < -0.39 is 4.92 Å². The van der Waals surface area contributed by atoms with Gasteiger partial charge in [0.15, 0.2) is 0 Å². The van der Waals surface area contributed by atoms with Crippen molar-refractivity contribution in [3.63, 3.8) is 0 Å². The van der Waals surface area contributed by atoms with Crippen LogP contribution in [0.1, 0.15) is 35.6 Å². The zero-order chi connectivity index (χ0) is 16.8. The molecule has 118 valence electrons. The molecule has 2 rings (SSSR count). The Balaban J connectivity index is 2.14. The van der Waals surface area contributed by atoms with Gasteiger partial charge in [-0.25, -0.2) is 4.98 Å². The van der Waals surface area contributed by atoms with Crippen LogP contribution in [0.25, 0.3) is 6.08 Å². The Kier molecular flexibility index (Phi) is 5.30. The van der Waals surface area contributed by atoms with Gasteiger partial charge in [0, 0.05) is 12.3 Å². The molecular formula is C17H17N3O3. The topological polar surface area (TPSA) is 86.0 Å². The van der Waals surface area contributed by atoms with Crippen molar-refractivity contribution in [1.82, 2.24) is 9.97 Å². The zero-order valence-corrected chi connectivity index (χ0v) is 13.0. The fraction of sp³-hybridized carbons (Fsp3) is 0.235. The Morgan fingerprint density at radius 1 is 1.26 bits per heavy atom. The third-order valence-corrected chi connectivity index (χ3v) is 3.12. The highest BCUT2D eigenvalue weighted by Crippen LogP contribution is 2.19. The number of benzene rings is 1. The van der Waals surface area contributed by atoms with Gasteiger partial charge in [-0.05, 0) is 30.6 Å². The second-order valence-corrected chi connectivity index (χ2v) is 5.50. The molecule has 6 nitrogen and oxygen atoms in total. The second-order valence-electron chi connectivity index (χ2n) is 5.50. The summed E-state index contributed by atoms with van der Waals surface area (Å²) in [6.07, 6.45) is 6.52. The number of aromatic nitrogens is 2. The molecule has 1 aromatic heterocycles. The highest BCUT2D eigenvalue weighted by Gasteiger charge is 2.11. The van der Waals surface area contributed by atoms with Crippen LogP contribution in [0, 0.1) is 16.0 Å². The smallest absolute Gasteiger partial charge is 0.276 e. The number of ketones is 1. The van der Waals surface area contributed by atoms with E-state index in [4.69, 9.17) is 0 Å². The Morgan fingerprint density at radius 3 is 2.61 bits per heavy atom. The van der Waals surface area contributed by atoms with Gasteiger partial charge >= 0.3 is 0 Å². The van der Waals surface area contributed by atoms with Gasteiger partial charge in [0.1, 0.15) is 5.69 Å². The molecule has 6 heteroatoms. The Morgan fingerprint density at radius 2 is 2.00 bits per heavy atom. The molecule has 0 atom stereocenters. The van der Waals surface area contributed by atoms with E-state index in [0.717, 1.165) is 12.1 Å². The lowest BCUT2D eigenvalue weighted by molar-refractivity contribution is -0.385. The molecule has 0 aliphatic carbocycles. The number of nitro benzene ring substituents is 1. The Hall–Kier alpha value is -2.89. The summed E-state index contributed by atoms with van der Waals surface area (Å²) in [7, 11) is 0. The van der Waals surface area contributed by atoms with Crippen molar-refractivity contribution in [2.24, 2.45) is 5.92 Å². The molecule has 0 fully saturated rings. The van der Waals surface area contributed by atoms with Crippen LogP contribution in [-0.2, 0) is 6.42 Å². The molecule has 23 heavy (non-hydrogen) atoms. The number of para-hydroxylation sites is 1. The lowest BCUT2D eigenvalue weighted by atomic mass is 10.1. The van der Waals surface area contributed by atoms with Crippen molar-refractivity contribution in [3.8, 4) is 0 Å². The van der Waals surface area contributed by atoms with E-state index in [-0.39, 0.29) is 17.2 Å². The summed E-state index contributed by atoms with van der Waals surface area (Å²) in [5.41, 5.74) is 1.37. The van der Waals surface area contributed by atoms with Gasteiger partial charge in [-0.15, -0.1) is 0 Å². The van der Waals surface area contributed by atoms with Gasteiger partial charge < -0.3 is 0 Å². The van der Waals surface area contributed by atoms with Crippen LogP contribution in [-0.4, -0.2) is 20.7 Å². The molecule has 0 saturated heterocycles. The van der Waals surface area contributed by atoms with Crippen LogP contribution in [0.15, 0.2) is 42.7 Å². The number of allylic oxidation sites excluding steroid dienone is 1. The molecule has 2 aromatic rings. The van der Waals surface area contributed by atoms with Gasteiger partial charge in [0.05, 0.1) is 22.4 Å². The van der Waals surface area contributed by atoms with E-state index in [1.807, 2.05) is 0 Å². The number of hydrogen-bond acceptors (Lipinski definition) is 5. The minimum Gasteiger partial charge on any atom is -0.287 e. The molecule has 0 amide bonds. The summed E-state index contributed by atoms with van der Waals surface area (Å²) < 4.78 is 0. The zero-order valence-electron chi connectivity index (χ0n) is 13.0. The SMILES string of the molecule is CC(C)Cc1cnc(C(=O)/C=C/c2ccccc2[N+](=O)[O-])cn1. The second kappa shape index (κ2) is 7.40. The molecule has 0 radical (unpaired) electrons. The summed E-state index contributed by atoms with van der Waals surface area (Å²) >= 11 is 0. The van der Waals surface area contributed by atoms with Gasteiger partial charge in [-0.1, -0.05) is 26.0 Å². The average molecular weight is 311 g/mol. The van der Waals surface area contributed by atoms with E-state index in [0.29, 0.717) is 11.5 Å². The quantitative estimate of drug-likeness (QED) is 0.353. The van der Waals surface area contributed by atoms with Crippen molar-refractivity contribution in [3.05, 3.63) is 69.8 Å². The number of nitrogens with zero attached hydrogens (tertiary/aromatic N) is 3. The maximum absolute atomic E-state index is 12.1. The van der Waals surface area contributed by atoms with Crippen molar-refractivity contribution < 1.29 is 9.72 Å². The maximum Gasteiger partial charge on any atom is 0.276 e. The van der Waals surface area contributed by atoms with E-state index >= 15 is 0 Å². The number of carbonyl (C=O) groups is 1. The Labute approximate surface area is 134 Å². The number of rotatable bonds is 6. The van der Waals surface area contributed by atoms with Crippen LogP contribution >= 0.6 is 0 Å². The highest BCUT2D eigenvalue weighted by atomic mass is 16.6. The average Bonchev–Trinajstić information content (AvgIpc) is 2.53. The summed E-state index contributed by atoms with van der Waals surface area (Å²) in [6, 6.07) is 6.23. The normalized spacial score (nSPS) is 11.1. The fourth-order valence-corrected chi connectivity index (χ4v) is 2.05. The van der Waals surface area contributed by atoms with E-state index in [1.165, 1.54) is 24.4 Å². The maximum atomic E-state index is 12.1. The van der Waals surface area contributed by atoms with Crippen molar-refractivity contribution in [2.75, 3.05) is 0 Å². The largest absolute Gasteiger partial charge is 0.287 e. The van der Waals surface area contributed by atoms with Crippen molar-refractivity contribution in [2.45, 2.75) is 20.3 Å². The van der Waals surface area contributed by atoms with Crippen LogP contribution < -0.4 is 0 Å². The van der Waals surface area contributed by atoms with Gasteiger partial charge in [0.25, 0.3) is 5.69 Å². The van der Waals surface area contributed by atoms with Gasteiger partial charge in [-0.3, -0.25) is 19.9 Å². The molecule has 1 aromatic carbocycles. The summed E-state index contributed by atoms with van der Waals surface area (Å²) in [6.45, 7) is 4.16. The Bertz CT molecular complexity index is 737. The summed E-state index contributed by atoms with van der Waals surface area (Å²) in [4.78, 5) is 30.8. The van der Waals surface area contributed by atoms with E-state index in [2.05, 4.69) is 23.8 Å². The third kappa shape index (κ3) is 4.54. The molecule has 0 aliphatic heterocycles. The van der Waals surface area contributed by atoms with Crippen LogP contribution in [0.5, 0.6) is 0 Å². The first kappa shape index (κ1) is 16.5. The minimum absolute atomic E-state index is 0.0464. The molecule has 0 spiro atoms. The molecule has 0 unspecified atom stereocenters. The van der Waals surface area contributed by atoms with Gasteiger partial charge in [-0.2, -0.15) is 0 Å². The first-order valence-electron chi connectivity index (χ1n) is 7.24. The van der Waals surface area contributed by atoms with E-state index in [1.54, 1.807) is 24.4 Å². The van der Waals surface area contributed by atoms with Crippen LogP contribution in [0.2, 0.25) is 0 Å². The standard InChI is InChI=1S/C17H17N3O3/c1-12(2)9-14-10-19-15(11-18-14)17(21)8-7-13-5-3-4-6-16(13)20(22)23/h3-8,10-12H,9H2,1-2H3/b8-7+.